The molecular weight excluding hydrogens is 328 g/mol. The second kappa shape index (κ2) is 6.56. The van der Waals surface area contributed by atoms with Crippen LogP contribution in [0.3, 0.4) is 0 Å². The van der Waals surface area contributed by atoms with Crippen LogP contribution in [0.5, 0.6) is 0 Å². The molecule has 1 N–H and O–H groups in total. The molecule has 1 aliphatic heterocycles. The fraction of sp³-hybridized carbons (Fsp3) is 0.571. The standard InChI is InChI=1S/C14H17FN2O7/c1-7(18)22-6-14(3)11(23-8(2)19)10(15)12(24-14)17-5-4-9(20)16-13(17)21/h4-5,10-12H,6H2,1-3H3,(H,16,20,21)/t10-,11+,12-,14-/m1/s1/i3D3,9+1. The number of alkyl halides is 1. The highest BCUT2D eigenvalue weighted by atomic mass is 19.1. The largest absolute Gasteiger partial charge is 0.463 e. The fourth-order valence-electron chi connectivity index (χ4n) is 2.26. The zero-order valence-corrected chi connectivity index (χ0v) is 12.8. The number of rotatable bonds is 4. The fourth-order valence-corrected chi connectivity index (χ4v) is 2.26. The van der Waals surface area contributed by atoms with E-state index in [1.54, 1.807) is 0 Å². The highest BCUT2D eigenvalue weighted by Gasteiger charge is 2.57. The number of carbonyl (C=O) groups excluding carboxylic acids is 2. The molecule has 1 fully saturated rings. The van der Waals surface area contributed by atoms with Gasteiger partial charge in [-0.1, -0.05) is 0 Å². The molecule has 0 amide bonds. The van der Waals surface area contributed by atoms with Gasteiger partial charge in [-0.2, -0.15) is 0 Å². The molecule has 24 heavy (non-hydrogen) atoms. The van der Waals surface area contributed by atoms with Gasteiger partial charge in [0.15, 0.2) is 18.5 Å². The van der Waals surface area contributed by atoms with Crippen molar-refractivity contribution in [2.45, 2.75) is 44.8 Å². The molecule has 132 valence electrons. The molecule has 2 heterocycles. The maximum atomic E-state index is 15.1. The number of hydrogen-bond acceptors (Lipinski definition) is 7. The molecule has 1 aromatic heterocycles. The maximum Gasteiger partial charge on any atom is 0.330 e. The number of carbonyl (C=O) groups is 2. The summed E-state index contributed by atoms with van der Waals surface area (Å²) in [6.45, 7) is -2.12. The third kappa shape index (κ3) is 3.53. The summed E-state index contributed by atoms with van der Waals surface area (Å²) in [6.07, 6.45) is -5.26. The molecule has 4 atom stereocenters. The summed E-state index contributed by atoms with van der Waals surface area (Å²) in [5.74, 6) is -1.87. The highest BCUT2D eigenvalue weighted by molar-refractivity contribution is 5.67. The van der Waals surface area contributed by atoms with Gasteiger partial charge in [-0.25, -0.2) is 9.18 Å². The van der Waals surface area contributed by atoms with Gasteiger partial charge in [-0.3, -0.25) is 23.9 Å². The zero-order chi connectivity index (χ0) is 20.6. The molecule has 0 aliphatic carbocycles. The predicted octanol–water partition coefficient (Wildman–Crippen LogP) is -0.343. The van der Waals surface area contributed by atoms with E-state index in [0.717, 1.165) is 26.1 Å². The lowest BCUT2D eigenvalue weighted by molar-refractivity contribution is -0.172. The van der Waals surface area contributed by atoms with Crippen molar-refractivity contribution in [2.24, 2.45) is 0 Å². The van der Waals surface area contributed by atoms with Crippen molar-refractivity contribution in [3.63, 3.8) is 0 Å². The molecule has 0 radical (unpaired) electrons. The molecule has 0 unspecified atom stereocenters. The Morgan fingerprint density at radius 3 is 2.71 bits per heavy atom. The topological polar surface area (TPSA) is 117 Å². The minimum absolute atomic E-state index is 0.615. The van der Waals surface area contributed by atoms with Crippen molar-refractivity contribution in [3.8, 4) is 0 Å². The van der Waals surface area contributed by atoms with Crippen LogP contribution in [0.15, 0.2) is 21.9 Å². The first-order valence-corrected chi connectivity index (χ1v) is 6.83. The van der Waals surface area contributed by atoms with Gasteiger partial charge in [0.2, 0.25) is 0 Å². The Labute approximate surface area is 139 Å². The number of hydrogen-bond donors (Lipinski definition) is 1. The lowest BCUT2D eigenvalue weighted by atomic mass is 9.99. The van der Waals surface area contributed by atoms with E-state index in [4.69, 9.17) is 18.3 Å². The predicted molar refractivity (Wildman–Crippen MR) is 76.9 cm³/mol. The van der Waals surface area contributed by atoms with Gasteiger partial charge >= 0.3 is 17.6 Å². The number of nitrogens with zero attached hydrogens (tertiary/aromatic N) is 1. The summed E-state index contributed by atoms with van der Waals surface area (Å²) in [5.41, 5.74) is -4.39. The zero-order valence-electron chi connectivity index (χ0n) is 15.8. The van der Waals surface area contributed by atoms with Crippen LogP contribution in [-0.4, -0.2) is 46.0 Å². The van der Waals surface area contributed by atoms with Crippen molar-refractivity contribution >= 4 is 11.9 Å². The summed E-state index contributed by atoms with van der Waals surface area (Å²) >= 11 is 0. The lowest BCUT2D eigenvalue weighted by Gasteiger charge is -2.28. The summed E-state index contributed by atoms with van der Waals surface area (Å²) in [4.78, 5) is 47.6. The van der Waals surface area contributed by atoms with Crippen LogP contribution in [0.1, 0.15) is 31.0 Å². The van der Waals surface area contributed by atoms with Crippen LogP contribution in [0.4, 0.5) is 4.39 Å². The number of ether oxygens (including phenoxy) is 3. The van der Waals surface area contributed by atoms with E-state index in [2.05, 4.69) is 0 Å². The maximum absolute atomic E-state index is 15.1. The highest BCUT2D eigenvalue weighted by Crippen LogP contribution is 2.40. The first-order chi connectivity index (χ1) is 12.4. The van der Waals surface area contributed by atoms with Gasteiger partial charge in [-0.05, 0) is 6.85 Å². The van der Waals surface area contributed by atoms with Crippen LogP contribution in [0.25, 0.3) is 0 Å². The van der Waals surface area contributed by atoms with Crippen molar-refractivity contribution in [3.05, 3.63) is 33.1 Å². The molecule has 0 aromatic carbocycles. The van der Waals surface area contributed by atoms with E-state index in [1.807, 2.05) is 4.98 Å². The number of esters is 2. The van der Waals surface area contributed by atoms with Gasteiger partial charge in [0.1, 0.15) is 12.2 Å². The molecule has 0 bridgehead atoms. The Morgan fingerprint density at radius 2 is 2.17 bits per heavy atom. The molecule has 1 aromatic rings. The number of aromatic amines is 1. The van der Waals surface area contributed by atoms with E-state index in [1.165, 1.54) is 0 Å². The summed E-state index contributed by atoms with van der Waals surface area (Å²) in [5, 5.41) is 0. The Hall–Kier alpha value is -2.49. The minimum atomic E-state index is -3.10. The molecule has 0 saturated carbocycles. The number of aromatic nitrogens is 2. The number of nitrogens with one attached hydrogen (secondary N) is 1. The Balaban J connectivity index is 2.58. The monoisotopic (exact) mass is 348 g/mol. The summed E-state index contributed by atoms with van der Waals surface area (Å²) in [7, 11) is 0. The first-order valence-electron chi connectivity index (χ1n) is 8.33. The van der Waals surface area contributed by atoms with Gasteiger partial charge < -0.3 is 14.2 Å². The second-order valence-corrected chi connectivity index (χ2v) is 5.17. The minimum Gasteiger partial charge on any atom is -0.463 e. The average Bonchev–Trinajstić information content (AvgIpc) is 2.79. The van der Waals surface area contributed by atoms with Crippen molar-refractivity contribution < 1.29 is 32.3 Å². The first kappa shape index (κ1) is 13.9. The van der Waals surface area contributed by atoms with Gasteiger partial charge in [0, 0.05) is 30.2 Å². The second-order valence-electron chi connectivity index (χ2n) is 5.17. The third-order valence-corrected chi connectivity index (χ3v) is 3.26. The molecule has 1 aliphatic rings. The molecule has 9 nitrogen and oxygen atoms in total. The van der Waals surface area contributed by atoms with E-state index in [9.17, 15) is 19.2 Å². The Morgan fingerprint density at radius 1 is 1.46 bits per heavy atom. The normalized spacial score (nSPS) is 31.6. The molecule has 2 rings (SSSR count). The number of H-pyrrole nitrogens is 1. The van der Waals surface area contributed by atoms with Crippen LogP contribution in [0.2, 0.25) is 0 Å². The molecule has 1 saturated heterocycles. The Kier molecular flexibility index (Phi) is 3.80. The van der Waals surface area contributed by atoms with Crippen molar-refractivity contribution in [1.29, 1.82) is 0 Å². The molecule has 10 heteroatoms. The van der Waals surface area contributed by atoms with Crippen molar-refractivity contribution in [1.82, 2.24) is 9.55 Å². The average molecular weight is 348 g/mol. The van der Waals surface area contributed by atoms with Gasteiger partial charge in [0.05, 0.1) is 0 Å². The SMILES string of the molecule is [2H]C([2H])([2H])[C@]1(COC(C)=O)O[C@@H](n2cc[13c](=O)[nH]c2=O)[C@H](F)[C@@H]1OC(C)=O. The smallest absolute Gasteiger partial charge is 0.330 e. The van der Waals surface area contributed by atoms with Gasteiger partial charge in [-0.15, -0.1) is 0 Å². The lowest BCUT2D eigenvalue weighted by Crippen LogP contribution is -2.46. The molecular formula is C14H17FN2O7. The quantitative estimate of drug-likeness (QED) is 0.740. The Bertz CT molecular complexity index is 852. The van der Waals surface area contributed by atoms with E-state index in [-0.39, 0.29) is 0 Å². The van der Waals surface area contributed by atoms with E-state index in [0.29, 0.717) is 4.57 Å². The van der Waals surface area contributed by atoms with Crippen LogP contribution < -0.4 is 11.2 Å². The summed E-state index contributed by atoms with van der Waals surface area (Å²) < 4.78 is 53.8. The number of halogens is 1. The third-order valence-electron chi connectivity index (χ3n) is 3.26. The molecule has 0 spiro atoms. The van der Waals surface area contributed by atoms with Gasteiger partial charge in [0.25, 0.3) is 5.56 Å². The van der Waals surface area contributed by atoms with Crippen molar-refractivity contribution in [2.75, 3.05) is 6.61 Å². The van der Waals surface area contributed by atoms with Crippen LogP contribution >= 0.6 is 0 Å². The van der Waals surface area contributed by atoms with E-state index < -0.39 is 60.8 Å². The van der Waals surface area contributed by atoms with Crippen LogP contribution in [0, 0.1) is 0 Å². The van der Waals surface area contributed by atoms with Crippen LogP contribution in [-0.2, 0) is 23.8 Å². The van der Waals surface area contributed by atoms with E-state index >= 15 is 4.39 Å². The summed E-state index contributed by atoms with van der Waals surface area (Å²) in [6, 6.07) is 0.903.